The summed E-state index contributed by atoms with van der Waals surface area (Å²) in [6, 6.07) is 14.2. The van der Waals surface area contributed by atoms with Crippen molar-refractivity contribution in [2.45, 2.75) is 20.1 Å². The predicted octanol–water partition coefficient (Wildman–Crippen LogP) is 3.16. The highest BCUT2D eigenvalue weighted by Gasteiger charge is 2.21. The number of halogens is 2. The molecule has 0 aliphatic carbocycles. The zero-order chi connectivity index (χ0) is 24.3. The first kappa shape index (κ1) is 25.2. The number of nitrogens with zero attached hydrogens (tertiary/aromatic N) is 2. The van der Waals surface area contributed by atoms with Gasteiger partial charge in [0.2, 0.25) is 11.8 Å². The maximum Gasteiger partial charge on any atom is 0.387 e. The molecule has 1 aliphatic rings. The fourth-order valence-electron chi connectivity index (χ4n) is 3.54. The minimum absolute atomic E-state index is 0.0482. The van der Waals surface area contributed by atoms with Crippen LogP contribution in [0.3, 0.4) is 0 Å². The van der Waals surface area contributed by atoms with Crippen LogP contribution in [0.4, 0.5) is 8.78 Å². The van der Waals surface area contributed by atoms with E-state index in [4.69, 9.17) is 4.74 Å². The Bertz CT molecular complexity index is 977. The summed E-state index contributed by atoms with van der Waals surface area (Å²) in [5, 5.41) is 2.91. The molecule has 0 saturated carbocycles. The molecule has 1 heterocycles. The first-order valence-corrected chi connectivity index (χ1v) is 11.2. The maximum atomic E-state index is 12.6. The number of alkyl halides is 2. The largest absolute Gasteiger partial charge is 0.490 e. The molecule has 1 N–H and O–H groups in total. The van der Waals surface area contributed by atoms with E-state index < -0.39 is 6.61 Å². The Balaban J connectivity index is 1.46. The van der Waals surface area contributed by atoms with Gasteiger partial charge in [0.1, 0.15) is 0 Å². The number of carbonyl (C=O) groups is 2. The van der Waals surface area contributed by atoms with Crippen LogP contribution in [0.1, 0.15) is 18.1 Å². The van der Waals surface area contributed by atoms with Gasteiger partial charge in [-0.3, -0.25) is 14.5 Å². The topological polar surface area (TPSA) is 71.1 Å². The van der Waals surface area contributed by atoms with E-state index in [1.807, 2.05) is 35.2 Å². The number of hydrogen-bond acceptors (Lipinski definition) is 5. The molecule has 2 aromatic rings. The van der Waals surface area contributed by atoms with Gasteiger partial charge < -0.3 is 19.7 Å². The number of hydrogen-bond donors (Lipinski definition) is 1. The van der Waals surface area contributed by atoms with E-state index >= 15 is 0 Å². The average molecular weight is 474 g/mol. The van der Waals surface area contributed by atoms with Gasteiger partial charge in [-0.05, 0) is 36.3 Å². The quantitative estimate of drug-likeness (QED) is 0.537. The molecule has 2 aromatic carbocycles. The van der Waals surface area contributed by atoms with Gasteiger partial charge >= 0.3 is 6.61 Å². The smallest absolute Gasteiger partial charge is 0.387 e. The Labute approximate surface area is 197 Å². The minimum atomic E-state index is -2.95. The summed E-state index contributed by atoms with van der Waals surface area (Å²) >= 11 is 0. The molecule has 7 nitrogen and oxygen atoms in total. The molecule has 0 unspecified atom stereocenters. The molecule has 1 saturated heterocycles. The second-order valence-corrected chi connectivity index (χ2v) is 7.71. The summed E-state index contributed by atoms with van der Waals surface area (Å²) in [6.45, 7) is 2.10. The number of ether oxygens (including phenoxy) is 2. The number of rotatable bonds is 10. The summed E-state index contributed by atoms with van der Waals surface area (Å²) in [4.78, 5) is 28.5. The van der Waals surface area contributed by atoms with Crippen molar-refractivity contribution in [3.8, 4) is 11.5 Å². The molecule has 3 rings (SSSR count). The lowest BCUT2D eigenvalue weighted by Crippen LogP contribution is -2.50. The molecule has 182 valence electrons. The second-order valence-electron chi connectivity index (χ2n) is 7.71. The highest BCUT2D eigenvalue weighted by atomic mass is 19.3. The van der Waals surface area contributed by atoms with E-state index in [0.717, 1.165) is 5.56 Å². The van der Waals surface area contributed by atoms with Gasteiger partial charge in [-0.1, -0.05) is 36.4 Å². The molecular formula is C25H29F2N3O4. The second kappa shape index (κ2) is 12.7. The lowest BCUT2D eigenvalue weighted by molar-refractivity contribution is -0.128. The molecule has 0 radical (unpaired) electrons. The van der Waals surface area contributed by atoms with Crippen LogP contribution < -0.4 is 14.8 Å². The summed E-state index contributed by atoms with van der Waals surface area (Å²) in [7, 11) is 0. The van der Waals surface area contributed by atoms with Crippen molar-refractivity contribution in [2.75, 3.05) is 39.3 Å². The number of benzene rings is 2. The Morgan fingerprint density at radius 3 is 2.47 bits per heavy atom. The molecule has 1 aliphatic heterocycles. The fraction of sp³-hybridized carbons (Fsp3) is 0.360. The van der Waals surface area contributed by atoms with Crippen molar-refractivity contribution < 1.29 is 27.8 Å². The summed E-state index contributed by atoms with van der Waals surface area (Å²) in [5.41, 5.74) is 1.68. The summed E-state index contributed by atoms with van der Waals surface area (Å²) in [6.07, 6.45) is 3.06. The Hall–Kier alpha value is -3.46. The number of piperazine rings is 1. The van der Waals surface area contributed by atoms with Crippen LogP contribution in [0.2, 0.25) is 0 Å². The van der Waals surface area contributed by atoms with E-state index in [2.05, 4.69) is 10.1 Å². The summed E-state index contributed by atoms with van der Waals surface area (Å²) in [5.74, 6) is -0.0623. The van der Waals surface area contributed by atoms with Gasteiger partial charge in [0.25, 0.3) is 0 Å². The number of carbonyl (C=O) groups excluding carboxylic acids is 2. The molecule has 2 amide bonds. The first-order chi connectivity index (χ1) is 16.4. The van der Waals surface area contributed by atoms with Crippen molar-refractivity contribution in [1.29, 1.82) is 0 Å². The van der Waals surface area contributed by atoms with E-state index in [1.54, 1.807) is 30.0 Å². The van der Waals surface area contributed by atoms with Gasteiger partial charge in [-0.25, -0.2) is 0 Å². The third kappa shape index (κ3) is 7.84. The van der Waals surface area contributed by atoms with Crippen molar-refractivity contribution in [3.63, 3.8) is 0 Å². The molecule has 9 heteroatoms. The number of nitrogens with one attached hydrogen (secondary N) is 1. The maximum absolute atomic E-state index is 12.6. The fourth-order valence-corrected chi connectivity index (χ4v) is 3.54. The van der Waals surface area contributed by atoms with Crippen LogP contribution in [0, 0.1) is 0 Å². The molecule has 0 bridgehead atoms. The average Bonchev–Trinajstić information content (AvgIpc) is 2.83. The van der Waals surface area contributed by atoms with Crippen LogP contribution in [0.5, 0.6) is 11.5 Å². The SMILES string of the molecule is CCOc1cc(/C=C/C(=O)N2CCN(CC(=O)NCc3ccccc3)CC2)ccc1OC(F)F. The monoisotopic (exact) mass is 473 g/mol. The van der Waals surface area contributed by atoms with Gasteiger partial charge in [0.15, 0.2) is 11.5 Å². The minimum Gasteiger partial charge on any atom is -0.490 e. The Morgan fingerprint density at radius 1 is 1.06 bits per heavy atom. The standard InChI is InChI=1S/C25H29F2N3O4/c1-2-33-22-16-19(8-10-21(22)34-25(26)27)9-11-24(32)30-14-12-29(13-15-30)18-23(31)28-17-20-6-4-3-5-7-20/h3-11,16,25H,2,12-15,17-18H2,1H3,(H,28,31)/b11-9+. The van der Waals surface area contributed by atoms with E-state index in [0.29, 0.717) is 44.9 Å². The van der Waals surface area contributed by atoms with Crippen molar-refractivity contribution >= 4 is 17.9 Å². The highest BCUT2D eigenvalue weighted by molar-refractivity contribution is 5.92. The Morgan fingerprint density at radius 2 is 1.79 bits per heavy atom. The van der Waals surface area contributed by atoms with Crippen molar-refractivity contribution in [3.05, 3.63) is 65.7 Å². The van der Waals surface area contributed by atoms with E-state index in [9.17, 15) is 18.4 Å². The van der Waals surface area contributed by atoms with Crippen molar-refractivity contribution in [1.82, 2.24) is 15.1 Å². The molecule has 0 spiro atoms. The molecule has 0 aromatic heterocycles. The predicted molar refractivity (Wildman–Crippen MR) is 125 cm³/mol. The van der Waals surface area contributed by atoms with Gasteiger partial charge in [0, 0.05) is 38.8 Å². The lowest BCUT2D eigenvalue weighted by atomic mass is 10.2. The third-order valence-corrected chi connectivity index (χ3v) is 5.29. The van der Waals surface area contributed by atoms with Gasteiger partial charge in [-0.2, -0.15) is 8.78 Å². The molecule has 0 atom stereocenters. The zero-order valence-electron chi connectivity index (χ0n) is 19.1. The Kier molecular flexibility index (Phi) is 9.40. The normalized spacial score (nSPS) is 14.4. The van der Waals surface area contributed by atoms with Crippen molar-refractivity contribution in [2.24, 2.45) is 0 Å². The summed E-state index contributed by atoms with van der Waals surface area (Å²) < 4.78 is 34.9. The zero-order valence-corrected chi connectivity index (χ0v) is 19.1. The van der Waals surface area contributed by atoms with E-state index in [1.165, 1.54) is 12.1 Å². The van der Waals surface area contributed by atoms with Gasteiger partial charge in [-0.15, -0.1) is 0 Å². The molecule has 1 fully saturated rings. The van der Waals surface area contributed by atoms with Crippen LogP contribution >= 0.6 is 0 Å². The first-order valence-electron chi connectivity index (χ1n) is 11.2. The highest BCUT2D eigenvalue weighted by Crippen LogP contribution is 2.30. The van der Waals surface area contributed by atoms with Crippen LogP contribution in [0.15, 0.2) is 54.6 Å². The van der Waals surface area contributed by atoms with Crippen LogP contribution in [-0.2, 0) is 16.1 Å². The van der Waals surface area contributed by atoms with E-state index in [-0.39, 0.29) is 29.9 Å². The third-order valence-electron chi connectivity index (χ3n) is 5.29. The van der Waals surface area contributed by atoms with Gasteiger partial charge in [0.05, 0.1) is 13.2 Å². The number of amides is 2. The lowest BCUT2D eigenvalue weighted by Gasteiger charge is -2.33. The van der Waals surface area contributed by atoms with Crippen LogP contribution in [0.25, 0.3) is 6.08 Å². The molecule has 34 heavy (non-hydrogen) atoms. The van der Waals surface area contributed by atoms with Crippen LogP contribution in [-0.4, -0.2) is 67.6 Å². The molecular weight excluding hydrogens is 444 g/mol.